The smallest absolute Gasteiger partial charge is 0.254 e. The Morgan fingerprint density at radius 1 is 1.29 bits per heavy atom. The Morgan fingerprint density at radius 2 is 2.17 bits per heavy atom. The molecule has 1 aromatic heterocycles. The predicted octanol–water partition coefficient (Wildman–Crippen LogP) is 2.82. The second kappa shape index (κ2) is 6.22. The molecule has 1 amide bonds. The van der Waals surface area contributed by atoms with Crippen LogP contribution in [0.1, 0.15) is 29.6 Å². The number of hydrogen-bond acceptors (Lipinski definition) is 3. The van der Waals surface area contributed by atoms with Crippen molar-refractivity contribution in [2.45, 2.75) is 25.4 Å². The quantitative estimate of drug-likeness (QED) is 0.863. The third-order valence-corrected chi connectivity index (χ3v) is 5.27. The van der Waals surface area contributed by atoms with Gasteiger partial charge in [0, 0.05) is 47.6 Å². The van der Waals surface area contributed by atoms with Crippen molar-refractivity contribution in [3.05, 3.63) is 45.2 Å². The van der Waals surface area contributed by atoms with Crippen molar-refractivity contribution in [3.63, 3.8) is 0 Å². The van der Waals surface area contributed by atoms with Crippen LogP contribution in [-0.2, 0) is 4.74 Å². The predicted molar refractivity (Wildman–Crippen MR) is 92.6 cm³/mol. The summed E-state index contributed by atoms with van der Waals surface area (Å²) in [6, 6.07) is 6.55. The largest absolute Gasteiger partial charge is 0.378 e. The minimum Gasteiger partial charge on any atom is -0.378 e. The number of nitrogens with zero attached hydrogens (tertiary/aromatic N) is 1. The van der Waals surface area contributed by atoms with Gasteiger partial charge in [0.15, 0.2) is 0 Å². The van der Waals surface area contributed by atoms with E-state index < -0.39 is 0 Å². The summed E-state index contributed by atoms with van der Waals surface area (Å²) in [5.74, 6) is 0.297. The molecule has 126 valence electrons. The Morgan fingerprint density at radius 3 is 3.04 bits per heavy atom. The van der Waals surface area contributed by atoms with Gasteiger partial charge in [-0.2, -0.15) is 0 Å². The van der Waals surface area contributed by atoms with E-state index >= 15 is 0 Å². The molecule has 2 aromatic rings. The minimum absolute atomic E-state index is 0.0996. The number of benzene rings is 1. The first-order chi connectivity index (χ1) is 11.6. The molecule has 0 bridgehead atoms. The summed E-state index contributed by atoms with van der Waals surface area (Å²) < 4.78 is 5.81. The number of rotatable bonds is 1. The Balaban J connectivity index is 1.68. The number of nitrogens with one attached hydrogen (secondary N) is 1. The summed E-state index contributed by atoms with van der Waals surface area (Å²) in [4.78, 5) is 29.6. The SMILES string of the molecule is O=C(c1cc(=O)[nH]c2ccc(Cl)cc12)N1CC[C@@H]2OCCC[C@@H]2C1. The van der Waals surface area contributed by atoms with Crippen molar-refractivity contribution in [1.29, 1.82) is 0 Å². The van der Waals surface area contributed by atoms with Crippen LogP contribution in [0, 0.1) is 5.92 Å². The van der Waals surface area contributed by atoms with E-state index in [1.54, 1.807) is 18.2 Å². The minimum atomic E-state index is -0.274. The second-order valence-electron chi connectivity index (χ2n) is 6.59. The molecule has 0 aliphatic carbocycles. The van der Waals surface area contributed by atoms with Crippen molar-refractivity contribution in [2.24, 2.45) is 5.92 Å². The zero-order valence-corrected chi connectivity index (χ0v) is 14.0. The fraction of sp³-hybridized carbons (Fsp3) is 0.444. The summed E-state index contributed by atoms with van der Waals surface area (Å²) in [5, 5.41) is 1.23. The number of amides is 1. The van der Waals surface area contributed by atoms with Gasteiger partial charge in [-0.3, -0.25) is 9.59 Å². The summed E-state index contributed by atoms with van der Waals surface area (Å²) in [5.41, 5.74) is 0.779. The summed E-state index contributed by atoms with van der Waals surface area (Å²) in [6.07, 6.45) is 3.27. The first-order valence-electron chi connectivity index (χ1n) is 8.35. The highest BCUT2D eigenvalue weighted by Gasteiger charge is 2.34. The van der Waals surface area contributed by atoms with E-state index in [1.807, 2.05) is 4.90 Å². The molecule has 3 heterocycles. The molecule has 2 fully saturated rings. The second-order valence-corrected chi connectivity index (χ2v) is 7.02. The molecule has 6 heteroatoms. The number of pyridine rings is 1. The van der Waals surface area contributed by atoms with Gasteiger partial charge in [0.05, 0.1) is 11.7 Å². The maximum atomic E-state index is 13.0. The summed E-state index contributed by atoms with van der Waals surface area (Å²) >= 11 is 6.08. The fourth-order valence-electron chi connectivity index (χ4n) is 3.85. The van der Waals surface area contributed by atoms with Crippen molar-refractivity contribution in [3.8, 4) is 0 Å². The zero-order valence-electron chi connectivity index (χ0n) is 13.3. The Bertz CT molecular complexity index is 848. The van der Waals surface area contributed by atoms with Gasteiger partial charge in [0.2, 0.25) is 5.56 Å². The number of halogens is 1. The lowest BCUT2D eigenvalue weighted by Crippen LogP contribution is -2.48. The molecule has 2 saturated heterocycles. The van der Waals surface area contributed by atoms with Gasteiger partial charge in [0.25, 0.3) is 5.91 Å². The van der Waals surface area contributed by atoms with Crippen molar-refractivity contribution in [2.75, 3.05) is 19.7 Å². The molecule has 1 aromatic carbocycles. The monoisotopic (exact) mass is 346 g/mol. The maximum Gasteiger partial charge on any atom is 0.254 e. The Hall–Kier alpha value is -1.85. The lowest BCUT2D eigenvalue weighted by molar-refractivity contribution is -0.0606. The third-order valence-electron chi connectivity index (χ3n) is 5.04. The molecule has 0 radical (unpaired) electrons. The fourth-order valence-corrected chi connectivity index (χ4v) is 4.02. The Kier molecular flexibility index (Phi) is 4.06. The number of hydrogen-bond donors (Lipinski definition) is 1. The molecule has 0 saturated carbocycles. The van der Waals surface area contributed by atoms with E-state index in [0.717, 1.165) is 25.9 Å². The number of fused-ring (bicyclic) bond motifs is 2. The van der Waals surface area contributed by atoms with Crippen LogP contribution >= 0.6 is 11.6 Å². The van der Waals surface area contributed by atoms with Crippen LogP contribution in [-0.4, -0.2) is 41.6 Å². The van der Waals surface area contributed by atoms with Crippen molar-refractivity contribution < 1.29 is 9.53 Å². The van der Waals surface area contributed by atoms with Gasteiger partial charge >= 0.3 is 0 Å². The summed E-state index contributed by atoms with van der Waals surface area (Å²) in [7, 11) is 0. The highest BCUT2D eigenvalue weighted by atomic mass is 35.5. The van der Waals surface area contributed by atoms with E-state index in [-0.39, 0.29) is 17.6 Å². The van der Waals surface area contributed by atoms with Crippen molar-refractivity contribution in [1.82, 2.24) is 9.88 Å². The van der Waals surface area contributed by atoms with E-state index in [2.05, 4.69) is 4.98 Å². The number of ether oxygens (including phenoxy) is 1. The molecule has 24 heavy (non-hydrogen) atoms. The zero-order chi connectivity index (χ0) is 16.7. The van der Waals surface area contributed by atoms with Crippen LogP contribution in [0.25, 0.3) is 10.9 Å². The van der Waals surface area contributed by atoms with Crippen LogP contribution < -0.4 is 5.56 Å². The van der Waals surface area contributed by atoms with Gasteiger partial charge in [0.1, 0.15) is 0 Å². The molecule has 2 atom stereocenters. The molecular weight excluding hydrogens is 328 g/mol. The van der Waals surface area contributed by atoms with Gasteiger partial charge in [-0.15, -0.1) is 0 Å². The number of piperidine rings is 1. The van der Waals surface area contributed by atoms with Crippen LogP contribution in [0.4, 0.5) is 0 Å². The van der Waals surface area contributed by atoms with E-state index in [4.69, 9.17) is 16.3 Å². The molecule has 0 spiro atoms. The standard InChI is InChI=1S/C18H19ClN2O3/c19-12-3-4-15-13(8-12)14(9-17(22)20-15)18(23)21-6-5-16-11(10-21)2-1-7-24-16/h3-4,8-9,11,16H,1-2,5-7,10H2,(H,20,22)/t11-,16+/m1/s1. The molecule has 2 aliphatic rings. The van der Waals surface area contributed by atoms with E-state index in [9.17, 15) is 9.59 Å². The molecule has 2 aliphatic heterocycles. The van der Waals surface area contributed by atoms with Gasteiger partial charge in [-0.1, -0.05) is 11.6 Å². The number of H-pyrrole nitrogens is 1. The normalized spacial score (nSPS) is 24.0. The highest BCUT2D eigenvalue weighted by Crippen LogP contribution is 2.30. The first kappa shape index (κ1) is 15.7. The third kappa shape index (κ3) is 2.82. The number of aromatic nitrogens is 1. The van der Waals surface area contributed by atoms with Crippen LogP contribution in [0.2, 0.25) is 5.02 Å². The Labute approximate surface area is 144 Å². The topological polar surface area (TPSA) is 62.4 Å². The lowest BCUT2D eigenvalue weighted by Gasteiger charge is -2.41. The van der Waals surface area contributed by atoms with Gasteiger partial charge in [-0.25, -0.2) is 0 Å². The van der Waals surface area contributed by atoms with Gasteiger partial charge < -0.3 is 14.6 Å². The average molecular weight is 347 g/mol. The van der Waals surface area contributed by atoms with Gasteiger partial charge in [-0.05, 0) is 37.5 Å². The molecule has 1 N–H and O–H groups in total. The van der Waals surface area contributed by atoms with Crippen LogP contribution in [0.15, 0.2) is 29.1 Å². The molecular formula is C18H19ClN2O3. The summed E-state index contributed by atoms with van der Waals surface area (Å²) in [6.45, 7) is 2.18. The number of likely N-dealkylation sites (tertiary alicyclic amines) is 1. The molecule has 5 nitrogen and oxygen atoms in total. The molecule has 0 unspecified atom stereocenters. The van der Waals surface area contributed by atoms with Crippen molar-refractivity contribution >= 4 is 28.4 Å². The van der Waals surface area contributed by atoms with Crippen LogP contribution in [0.3, 0.4) is 0 Å². The van der Waals surface area contributed by atoms with E-state index in [0.29, 0.717) is 40.5 Å². The lowest BCUT2D eigenvalue weighted by atomic mass is 9.88. The number of carbonyl (C=O) groups is 1. The van der Waals surface area contributed by atoms with E-state index in [1.165, 1.54) is 6.07 Å². The average Bonchev–Trinajstić information content (AvgIpc) is 2.60. The highest BCUT2D eigenvalue weighted by molar-refractivity contribution is 6.31. The molecule has 4 rings (SSSR count). The maximum absolute atomic E-state index is 13.0. The van der Waals surface area contributed by atoms with Crippen LogP contribution in [0.5, 0.6) is 0 Å². The first-order valence-corrected chi connectivity index (χ1v) is 8.73. The number of aromatic amines is 1. The number of carbonyl (C=O) groups excluding carboxylic acids is 1.